The molecule has 132 valence electrons. The quantitative estimate of drug-likeness (QED) is 0.439. The highest BCUT2D eigenvalue weighted by atomic mass is 79.9. The molecule has 0 aromatic heterocycles. The van der Waals surface area contributed by atoms with Gasteiger partial charge in [-0.25, -0.2) is 0 Å². The first-order valence-corrected chi connectivity index (χ1v) is 9.72. The highest BCUT2D eigenvalue weighted by Crippen LogP contribution is 2.31. The second-order valence-corrected chi connectivity index (χ2v) is 7.91. The number of carbonyl (C=O) groups is 1. The van der Waals surface area contributed by atoms with Gasteiger partial charge < -0.3 is 10.4 Å². The third-order valence-electron chi connectivity index (χ3n) is 3.81. The van der Waals surface area contributed by atoms with Crippen LogP contribution in [0, 0.1) is 0 Å². The summed E-state index contributed by atoms with van der Waals surface area (Å²) in [6.07, 6.45) is 0.482. The van der Waals surface area contributed by atoms with Crippen LogP contribution in [0.5, 0.6) is 5.75 Å². The second-order valence-electron chi connectivity index (χ2n) is 5.70. The van der Waals surface area contributed by atoms with E-state index in [1.807, 2.05) is 42.5 Å². The van der Waals surface area contributed by atoms with Gasteiger partial charge in [-0.3, -0.25) is 4.79 Å². The molecule has 3 nitrogen and oxygen atoms in total. The van der Waals surface area contributed by atoms with E-state index in [4.69, 9.17) is 11.6 Å². The summed E-state index contributed by atoms with van der Waals surface area (Å²) in [7, 11) is 0. The topological polar surface area (TPSA) is 49.3 Å². The summed E-state index contributed by atoms with van der Waals surface area (Å²) >= 11 is 13.0. The molecule has 3 aromatic rings. The van der Waals surface area contributed by atoms with Crippen LogP contribution in [-0.2, 0) is 6.42 Å². The maximum Gasteiger partial charge on any atom is 0.259 e. The lowest BCUT2D eigenvalue weighted by atomic mass is 10.0. The lowest BCUT2D eigenvalue weighted by Crippen LogP contribution is -2.13. The number of anilines is 1. The van der Waals surface area contributed by atoms with Crippen LogP contribution in [0.3, 0.4) is 0 Å². The summed E-state index contributed by atoms with van der Waals surface area (Å²) in [5, 5.41) is 13.8. The molecule has 6 heteroatoms. The maximum atomic E-state index is 12.7. The number of phenols is 1. The average molecular weight is 496 g/mol. The molecule has 1 amide bonds. The first-order chi connectivity index (χ1) is 12.4. The van der Waals surface area contributed by atoms with Crippen molar-refractivity contribution in [1.82, 2.24) is 0 Å². The largest absolute Gasteiger partial charge is 0.507 e. The Hall–Kier alpha value is -1.82. The van der Waals surface area contributed by atoms with Gasteiger partial charge >= 0.3 is 0 Å². The molecular weight excluding hydrogens is 481 g/mol. The van der Waals surface area contributed by atoms with Gasteiger partial charge in [0.2, 0.25) is 0 Å². The van der Waals surface area contributed by atoms with Gasteiger partial charge in [-0.05, 0) is 51.8 Å². The Morgan fingerprint density at radius 2 is 1.77 bits per heavy atom. The number of hydrogen-bond donors (Lipinski definition) is 2. The molecule has 0 unspecified atom stereocenters. The van der Waals surface area contributed by atoms with E-state index in [1.54, 1.807) is 12.1 Å². The minimum absolute atomic E-state index is 0.0658. The van der Waals surface area contributed by atoms with Gasteiger partial charge in [-0.1, -0.05) is 57.9 Å². The number of halogens is 3. The van der Waals surface area contributed by atoms with Gasteiger partial charge in [-0.2, -0.15) is 0 Å². The van der Waals surface area contributed by atoms with Gasteiger partial charge in [0.1, 0.15) is 5.75 Å². The standard InChI is InChI=1S/C20H14Br2ClNO2/c21-14-6-7-18(17(22)10-14)24-20(26)16-11-15(23)9-13(19(16)25)8-12-4-2-1-3-5-12/h1-7,9-11,25H,8H2,(H,24,26). The second kappa shape index (κ2) is 8.25. The Labute approximate surface area is 173 Å². The summed E-state index contributed by atoms with van der Waals surface area (Å²) in [5.41, 5.74) is 2.36. The minimum atomic E-state index is -0.428. The fourth-order valence-corrected chi connectivity index (χ4v) is 3.95. The van der Waals surface area contributed by atoms with Crippen LogP contribution >= 0.6 is 43.5 Å². The molecule has 0 bridgehead atoms. The van der Waals surface area contributed by atoms with Gasteiger partial charge in [0.15, 0.2) is 0 Å². The van der Waals surface area contributed by atoms with Crippen molar-refractivity contribution in [2.24, 2.45) is 0 Å². The zero-order valence-electron chi connectivity index (χ0n) is 13.5. The maximum absolute atomic E-state index is 12.7. The van der Waals surface area contributed by atoms with Crippen LogP contribution < -0.4 is 5.32 Å². The van der Waals surface area contributed by atoms with Crippen LogP contribution in [0.25, 0.3) is 0 Å². The van der Waals surface area contributed by atoms with Crippen LogP contribution in [0.4, 0.5) is 5.69 Å². The summed E-state index contributed by atoms with van der Waals surface area (Å²) in [5.74, 6) is -0.494. The monoisotopic (exact) mass is 493 g/mol. The predicted octanol–water partition coefficient (Wildman–Crippen LogP) is 6.41. The fourth-order valence-electron chi connectivity index (χ4n) is 2.56. The summed E-state index contributed by atoms with van der Waals surface area (Å²) in [4.78, 5) is 12.7. The number of amides is 1. The summed E-state index contributed by atoms with van der Waals surface area (Å²) in [6.45, 7) is 0. The molecule has 0 saturated carbocycles. The molecule has 0 fully saturated rings. The molecule has 3 rings (SSSR count). The third kappa shape index (κ3) is 4.47. The van der Waals surface area contributed by atoms with Crippen molar-refractivity contribution in [3.05, 3.63) is 91.3 Å². The molecule has 3 aromatic carbocycles. The van der Waals surface area contributed by atoms with Crippen LogP contribution in [-0.4, -0.2) is 11.0 Å². The number of carbonyl (C=O) groups excluding carboxylic acids is 1. The number of aromatic hydroxyl groups is 1. The van der Waals surface area contributed by atoms with Gasteiger partial charge in [0, 0.05) is 26.0 Å². The molecule has 0 atom stereocenters. The van der Waals surface area contributed by atoms with E-state index >= 15 is 0 Å². The molecule has 0 radical (unpaired) electrons. The van der Waals surface area contributed by atoms with Crippen molar-refractivity contribution in [3.8, 4) is 5.75 Å². The van der Waals surface area contributed by atoms with Crippen molar-refractivity contribution in [3.63, 3.8) is 0 Å². The van der Waals surface area contributed by atoms with E-state index < -0.39 is 5.91 Å². The van der Waals surface area contributed by atoms with Crippen molar-refractivity contribution in [1.29, 1.82) is 0 Å². The Balaban J connectivity index is 1.90. The first kappa shape index (κ1) is 19.0. The zero-order valence-corrected chi connectivity index (χ0v) is 17.4. The molecule has 2 N–H and O–H groups in total. The van der Waals surface area contributed by atoms with Gasteiger partial charge in [0.25, 0.3) is 5.91 Å². The number of hydrogen-bond acceptors (Lipinski definition) is 2. The highest BCUT2D eigenvalue weighted by molar-refractivity contribution is 9.11. The van der Waals surface area contributed by atoms with E-state index in [-0.39, 0.29) is 11.3 Å². The first-order valence-electron chi connectivity index (χ1n) is 7.76. The number of benzene rings is 3. The van der Waals surface area contributed by atoms with E-state index in [1.165, 1.54) is 6.07 Å². The summed E-state index contributed by atoms with van der Waals surface area (Å²) < 4.78 is 1.62. The van der Waals surface area contributed by atoms with Crippen molar-refractivity contribution in [2.45, 2.75) is 6.42 Å². The average Bonchev–Trinajstić information content (AvgIpc) is 2.61. The van der Waals surface area contributed by atoms with Crippen LogP contribution in [0.1, 0.15) is 21.5 Å². The van der Waals surface area contributed by atoms with Gasteiger partial charge in [0.05, 0.1) is 11.3 Å². The molecular formula is C20H14Br2ClNO2. The van der Waals surface area contributed by atoms with Crippen molar-refractivity contribution >= 4 is 55.1 Å². The molecule has 0 aliphatic rings. The number of phenolic OH excluding ortho intramolecular Hbond substituents is 1. The lowest BCUT2D eigenvalue weighted by molar-refractivity contribution is 0.102. The lowest BCUT2D eigenvalue weighted by Gasteiger charge is -2.12. The van der Waals surface area contributed by atoms with E-state index in [2.05, 4.69) is 37.2 Å². The zero-order chi connectivity index (χ0) is 18.7. The third-order valence-corrected chi connectivity index (χ3v) is 5.18. The van der Waals surface area contributed by atoms with Crippen LogP contribution in [0.2, 0.25) is 5.02 Å². The molecule has 0 aliphatic carbocycles. The molecule has 0 aliphatic heterocycles. The Morgan fingerprint density at radius 3 is 2.46 bits per heavy atom. The Kier molecular flexibility index (Phi) is 6.01. The molecule has 0 heterocycles. The van der Waals surface area contributed by atoms with Crippen molar-refractivity contribution in [2.75, 3.05) is 5.32 Å². The normalized spacial score (nSPS) is 10.6. The smallest absolute Gasteiger partial charge is 0.259 e. The van der Waals surface area contributed by atoms with Gasteiger partial charge in [-0.15, -0.1) is 0 Å². The van der Waals surface area contributed by atoms with Crippen LogP contribution in [0.15, 0.2) is 69.6 Å². The molecule has 0 spiro atoms. The number of nitrogens with one attached hydrogen (secondary N) is 1. The molecule has 0 saturated heterocycles. The molecule has 26 heavy (non-hydrogen) atoms. The van der Waals surface area contributed by atoms with E-state index in [0.29, 0.717) is 22.7 Å². The van der Waals surface area contributed by atoms with E-state index in [0.717, 1.165) is 14.5 Å². The minimum Gasteiger partial charge on any atom is -0.507 e. The Morgan fingerprint density at radius 1 is 1.04 bits per heavy atom. The van der Waals surface area contributed by atoms with E-state index in [9.17, 15) is 9.90 Å². The fraction of sp³-hybridized carbons (Fsp3) is 0.0500. The highest BCUT2D eigenvalue weighted by Gasteiger charge is 2.17. The van der Waals surface area contributed by atoms with Crippen molar-refractivity contribution < 1.29 is 9.90 Å². The summed E-state index contributed by atoms with van der Waals surface area (Å²) in [6, 6.07) is 18.2. The Bertz CT molecular complexity index is 962. The predicted molar refractivity (Wildman–Crippen MR) is 112 cm³/mol. The SMILES string of the molecule is O=C(Nc1ccc(Br)cc1Br)c1cc(Cl)cc(Cc2ccccc2)c1O. The number of rotatable bonds is 4.